The van der Waals surface area contributed by atoms with E-state index in [9.17, 15) is 8.78 Å². The summed E-state index contributed by atoms with van der Waals surface area (Å²) in [5.41, 5.74) is 1.34. The molecule has 38 heavy (non-hydrogen) atoms. The van der Waals surface area contributed by atoms with Crippen molar-refractivity contribution in [3.05, 3.63) is 95.1 Å². The van der Waals surface area contributed by atoms with Crippen LogP contribution < -0.4 is 0 Å². The molecular formula is C32H34F4O2. The van der Waals surface area contributed by atoms with Crippen LogP contribution in [0.25, 0.3) is 22.3 Å². The average molecular weight is 527 g/mol. The maximum absolute atomic E-state index is 15.1. The third-order valence-corrected chi connectivity index (χ3v) is 6.96. The lowest BCUT2D eigenvalue weighted by Gasteiger charge is -2.30. The molecule has 3 aromatic rings. The van der Waals surface area contributed by atoms with Gasteiger partial charge in [0.25, 0.3) is 0 Å². The topological polar surface area (TPSA) is 18.5 Å². The van der Waals surface area contributed by atoms with Gasteiger partial charge in [-0.25, -0.2) is 17.6 Å². The van der Waals surface area contributed by atoms with Crippen molar-refractivity contribution in [1.29, 1.82) is 0 Å². The van der Waals surface area contributed by atoms with Gasteiger partial charge in [-0.05, 0) is 36.0 Å². The maximum Gasteiger partial charge on any atom is 0.186 e. The first kappa shape index (κ1) is 28.1. The van der Waals surface area contributed by atoms with E-state index in [0.29, 0.717) is 30.8 Å². The van der Waals surface area contributed by atoms with E-state index in [-0.39, 0.29) is 28.2 Å². The van der Waals surface area contributed by atoms with Crippen molar-refractivity contribution in [3.8, 4) is 22.3 Å². The highest BCUT2D eigenvalue weighted by atomic mass is 19.2. The molecule has 0 saturated carbocycles. The SMILES string of the molecule is CCC=CCc1ccc(-c2ccc(-c3ccc(C4OCC(CCCCC)CO4)c(F)c3F)cc2)c(F)c1F. The fourth-order valence-electron chi connectivity index (χ4n) is 4.72. The van der Waals surface area contributed by atoms with E-state index in [0.717, 1.165) is 32.1 Å². The molecule has 202 valence electrons. The Morgan fingerprint density at radius 3 is 1.92 bits per heavy atom. The van der Waals surface area contributed by atoms with E-state index in [2.05, 4.69) is 6.92 Å². The highest BCUT2D eigenvalue weighted by molar-refractivity contribution is 5.71. The summed E-state index contributed by atoms with van der Waals surface area (Å²) in [4.78, 5) is 0. The lowest BCUT2D eigenvalue weighted by molar-refractivity contribution is -0.207. The Hall–Kier alpha value is -2.96. The van der Waals surface area contributed by atoms with Gasteiger partial charge in [0, 0.05) is 22.6 Å². The van der Waals surface area contributed by atoms with E-state index >= 15 is 8.78 Å². The van der Waals surface area contributed by atoms with Gasteiger partial charge in [-0.3, -0.25) is 0 Å². The summed E-state index contributed by atoms with van der Waals surface area (Å²) >= 11 is 0. The van der Waals surface area contributed by atoms with Gasteiger partial charge in [0.2, 0.25) is 0 Å². The number of unbranched alkanes of at least 4 members (excludes halogenated alkanes) is 2. The molecular weight excluding hydrogens is 492 g/mol. The van der Waals surface area contributed by atoms with Gasteiger partial charge < -0.3 is 9.47 Å². The highest BCUT2D eigenvalue weighted by Crippen LogP contribution is 2.35. The van der Waals surface area contributed by atoms with Gasteiger partial charge in [-0.15, -0.1) is 0 Å². The first-order chi connectivity index (χ1) is 18.4. The second-order valence-corrected chi connectivity index (χ2v) is 9.75. The number of allylic oxidation sites excluding steroid dienone is 2. The number of halogens is 4. The zero-order chi connectivity index (χ0) is 27.1. The monoisotopic (exact) mass is 526 g/mol. The number of rotatable bonds is 10. The summed E-state index contributed by atoms with van der Waals surface area (Å²) in [6.07, 6.45) is 8.27. The van der Waals surface area contributed by atoms with Crippen LogP contribution in [-0.2, 0) is 15.9 Å². The van der Waals surface area contributed by atoms with Crippen molar-refractivity contribution in [2.24, 2.45) is 5.92 Å². The summed E-state index contributed by atoms with van der Waals surface area (Å²) in [5, 5.41) is 0. The van der Waals surface area contributed by atoms with Crippen LogP contribution in [-0.4, -0.2) is 13.2 Å². The van der Waals surface area contributed by atoms with Crippen LogP contribution in [0.4, 0.5) is 17.6 Å². The van der Waals surface area contributed by atoms with Gasteiger partial charge in [0.05, 0.1) is 13.2 Å². The van der Waals surface area contributed by atoms with Crippen LogP contribution in [0.2, 0.25) is 0 Å². The highest BCUT2D eigenvalue weighted by Gasteiger charge is 2.28. The molecule has 0 N–H and O–H groups in total. The van der Waals surface area contributed by atoms with Crippen molar-refractivity contribution in [1.82, 2.24) is 0 Å². The predicted molar refractivity (Wildman–Crippen MR) is 143 cm³/mol. The normalized spacial score (nSPS) is 17.8. The second-order valence-electron chi connectivity index (χ2n) is 9.75. The lowest BCUT2D eigenvalue weighted by Crippen LogP contribution is -2.27. The molecule has 0 unspecified atom stereocenters. The Kier molecular flexibility index (Phi) is 9.75. The van der Waals surface area contributed by atoms with Crippen molar-refractivity contribution in [2.75, 3.05) is 13.2 Å². The number of hydrogen-bond donors (Lipinski definition) is 0. The largest absolute Gasteiger partial charge is 0.348 e. The van der Waals surface area contributed by atoms with Gasteiger partial charge in [0.15, 0.2) is 29.6 Å². The van der Waals surface area contributed by atoms with Gasteiger partial charge in [-0.2, -0.15) is 0 Å². The van der Waals surface area contributed by atoms with Crippen molar-refractivity contribution >= 4 is 0 Å². The summed E-state index contributed by atoms with van der Waals surface area (Å²) in [6, 6.07) is 12.3. The molecule has 0 radical (unpaired) electrons. The molecule has 0 atom stereocenters. The Bertz CT molecular complexity index is 1250. The first-order valence-corrected chi connectivity index (χ1v) is 13.4. The van der Waals surface area contributed by atoms with E-state index in [1.54, 1.807) is 30.3 Å². The van der Waals surface area contributed by atoms with E-state index in [4.69, 9.17) is 9.47 Å². The molecule has 0 amide bonds. The molecule has 0 aromatic heterocycles. The van der Waals surface area contributed by atoms with Gasteiger partial charge in [0.1, 0.15) is 0 Å². The summed E-state index contributed by atoms with van der Waals surface area (Å²) in [7, 11) is 0. The first-order valence-electron chi connectivity index (χ1n) is 13.4. The summed E-state index contributed by atoms with van der Waals surface area (Å²) < 4.78 is 70.9. The third kappa shape index (κ3) is 6.36. The van der Waals surface area contributed by atoms with E-state index in [1.165, 1.54) is 18.2 Å². The number of benzene rings is 3. The molecule has 2 nitrogen and oxygen atoms in total. The van der Waals surface area contributed by atoms with E-state index in [1.807, 2.05) is 19.1 Å². The minimum Gasteiger partial charge on any atom is -0.348 e. The predicted octanol–water partition coefficient (Wildman–Crippen LogP) is 9.33. The number of hydrogen-bond acceptors (Lipinski definition) is 2. The molecule has 0 aliphatic carbocycles. The van der Waals surface area contributed by atoms with Crippen molar-refractivity contribution < 1.29 is 27.0 Å². The maximum atomic E-state index is 15.1. The fourth-order valence-corrected chi connectivity index (χ4v) is 4.72. The van der Waals surface area contributed by atoms with Gasteiger partial charge in [-0.1, -0.05) is 93.8 Å². The minimum absolute atomic E-state index is 0.0290. The van der Waals surface area contributed by atoms with Gasteiger partial charge >= 0.3 is 0 Å². The standard InChI is InChI=1S/C32H34F4O2/c1-3-5-7-9-21-19-37-32(38-20-21)27-18-17-26(30(35)31(27)36)23-13-11-22(12-14-23)25-16-15-24(10-8-6-4-2)28(33)29(25)34/h6,8,11-18,21,32H,3-5,7,9-10,19-20H2,1-2H3. The van der Waals surface area contributed by atoms with Crippen LogP contribution in [0, 0.1) is 29.2 Å². The Morgan fingerprint density at radius 1 is 0.711 bits per heavy atom. The molecule has 0 spiro atoms. The van der Waals surface area contributed by atoms with Crippen LogP contribution in [0.1, 0.15) is 63.4 Å². The zero-order valence-electron chi connectivity index (χ0n) is 21.9. The minimum atomic E-state index is -1.01. The molecule has 1 saturated heterocycles. The lowest BCUT2D eigenvalue weighted by atomic mass is 9.97. The summed E-state index contributed by atoms with van der Waals surface area (Å²) in [5.74, 6) is -3.57. The quantitative estimate of drug-likeness (QED) is 0.149. The van der Waals surface area contributed by atoms with Crippen LogP contribution in [0.15, 0.2) is 60.7 Å². The number of ether oxygens (including phenoxy) is 2. The Balaban J connectivity index is 1.48. The molecule has 1 heterocycles. The van der Waals surface area contributed by atoms with Crippen LogP contribution in [0.5, 0.6) is 0 Å². The zero-order valence-corrected chi connectivity index (χ0v) is 21.9. The third-order valence-electron chi connectivity index (χ3n) is 6.96. The fraction of sp³-hybridized carbons (Fsp3) is 0.375. The molecule has 1 fully saturated rings. The molecule has 3 aromatic carbocycles. The van der Waals surface area contributed by atoms with Crippen LogP contribution >= 0.6 is 0 Å². The van der Waals surface area contributed by atoms with Crippen molar-refractivity contribution in [3.63, 3.8) is 0 Å². The molecule has 0 bridgehead atoms. The van der Waals surface area contributed by atoms with Crippen LogP contribution in [0.3, 0.4) is 0 Å². The molecule has 1 aliphatic rings. The molecule has 4 rings (SSSR count). The Morgan fingerprint density at radius 2 is 1.32 bits per heavy atom. The smallest absolute Gasteiger partial charge is 0.186 e. The summed E-state index contributed by atoms with van der Waals surface area (Å²) in [6.45, 7) is 5.02. The van der Waals surface area contributed by atoms with Crippen molar-refractivity contribution in [2.45, 2.75) is 58.7 Å². The average Bonchev–Trinajstić information content (AvgIpc) is 2.94. The molecule has 6 heteroatoms. The molecule has 1 aliphatic heterocycles. The van der Waals surface area contributed by atoms with E-state index < -0.39 is 29.6 Å². The Labute approximate surface area is 222 Å². The second kappa shape index (κ2) is 13.2.